The van der Waals surface area contributed by atoms with Gasteiger partial charge in [-0.15, -0.1) is 11.3 Å². The number of amides is 1. The molecule has 1 aliphatic carbocycles. The molecule has 1 saturated carbocycles. The summed E-state index contributed by atoms with van der Waals surface area (Å²) in [7, 11) is -3.01. The van der Waals surface area contributed by atoms with E-state index < -0.39 is 9.84 Å². The number of carbonyl (C=O) groups excluding carboxylic acids is 1. The third kappa shape index (κ3) is 4.59. The third-order valence-electron chi connectivity index (χ3n) is 5.03. The zero-order chi connectivity index (χ0) is 19.0. The van der Waals surface area contributed by atoms with Gasteiger partial charge in [-0.2, -0.15) is 5.10 Å². The maximum absolute atomic E-state index is 12.7. The van der Waals surface area contributed by atoms with Crippen molar-refractivity contribution >= 4 is 32.9 Å². The van der Waals surface area contributed by atoms with E-state index in [-0.39, 0.29) is 23.5 Å². The third-order valence-corrected chi connectivity index (χ3v) is 7.64. The van der Waals surface area contributed by atoms with Crippen molar-refractivity contribution in [2.45, 2.75) is 44.8 Å². The van der Waals surface area contributed by atoms with Crippen molar-refractivity contribution in [1.82, 2.24) is 14.7 Å². The molecule has 1 N–H and O–H groups in total. The van der Waals surface area contributed by atoms with Crippen LogP contribution in [0.1, 0.15) is 35.9 Å². The van der Waals surface area contributed by atoms with E-state index in [0.29, 0.717) is 24.8 Å². The summed E-state index contributed by atoms with van der Waals surface area (Å²) in [6, 6.07) is 6.21. The van der Waals surface area contributed by atoms with Gasteiger partial charge in [0.25, 0.3) is 0 Å². The Morgan fingerprint density at radius 1 is 1.41 bits per heavy atom. The Hall–Kier alpha value is -1.71. The Morgan fingerprint density at radius 2 is 2.22 bits per heavy atom. The van der Waals surface area contributed by atoms with Crippen LogP contribution in [0.4, 0.5) is 5.82 Å². The molecule has 9 heteroatoms. The zero-order valence-electron chi connectivity index (χ0n) is 15.3. The Kier molecular flexibility index (Phi) is 5.09. The first-order chi connectivity index (χ1) is 12.9. The van der Waals surface area contributed by atoms with Gasteiger partial charge in [0.05, 0.1) is 29.8 Å². The topological polar surface area (TPSA) is 84.3 Å². The van der Waals surface area contributed by atoms with Crippen LogP contribution in [0.5, 0.6) is 0 Å². The number of anilines is 1. The first-order valence-corrected chi connectivity index (χ1v) is 11.9. The minimum absolute atomic E-state index is 0.0829. The molecule has 2 aliphatic rings. The fraction of sp³-hybridized carbons (Fsp3) is 0.556. The largest absolute Gasteiger partial charge is 0.310 e. The Bertz CT molecular complexity index is 917. The zero-order valence-corrected chi connectivity index (χ0v) is 16.9. The van der Waals surface area contributed by atoms with Gasteiger partial charge < -0.3 is 5.32 Å². The number of nitrogens with zero attached hydrogens (tertiary/aromatic N) is 3. The molecule has 27 heavy (non-hydrogen) atoms. The first kappa shape index (κ1) is 18.6. The van der Waals surface area contributed by atoms with Crippen LogP contribution in [0.3, 0.4) is 0 Å². The summed E-state index contributed by atoms with van der Waals surface area (Å²) in [6.07, 6.45) is 2.81. The fourth-order valence-electron chi connectivity index (χ4n) is 3.58. The van der Waals surface area contributed by atoms with Crippen molar-refractivity contribution in [2.75, 3.05) is 23.4 Å². The summed E-state index contributed by atoms with van der Waals surface area (Å²) in [5.41, 5.74) is 0.771. The lowest BCUT2D eigenvalue weighted by Gasteiger charge is -2.21. The number of sulfone groups is 1. The minimum Gasteiger partial charge on any atom is -0.310 e. The minimum atomic E-state index is -3.01. The summed E-state index contributed by atoms with van der Waals surface area (Å²) in [6.45, 7) is 2.97. The van der Waals surface area contributed by atoms with Gasteiger partial charge in [0, 0.05) is 23.5 Å². The predicted octanol–water partition coefficient (Wildman–Crippen LogP) is 2.22. The van der Waals surface area contributed by atoms with E-state index in [4.69, 9.17) is 0 Å². The smallest absolute Gasteiger partial charge is 0.239 e. The average Bonchev–Trinajstić information content (AvgIpc) is 3.02. The van der Waals surface area contributed by atoms with E-state index in [2.05, 4.69) is 26.8 Å². The monoisotopic (exact) mass is 408 g/mol. The fourth-order valence-corrected chi connectivity index (χ4v) is 6.00. The van der Waals surface area contributed by atoms with E-state index in [1.165, 1.54) is 4.88 Å². The predicted molar refractivity (Wildman–Crippen MR) is 106 cm³/mol. The van der Waals surface area contributed by atoms with Gasteiger partial charge in [0.15, 0.2) is 9.84 Å². The summed E-state index contributed by atoms with van der Waals surface area (Å²) in [4.78, 5) is 16.2. The molecule has 4 rings (SSSR count). The molecular weight excluding hydrogens is 384 g/mol. The van der Waals surface area contributed by atoms with Crippen LogP contribution in [-0.4, -0.2) is 53.1 Å². The highest BCUT2D eigenvalue weighted by Crippen LogP contribution is 2.30. The van der Waals surface area contributed by atoms with Crippen molar-refractivity contribution in [1.29, 1.82) is 0 Å². The molecular formula is C18H24N4O3S2. The Balaban J connectivity index is 1.43. The van der Waals surface area contributed by atoms with Crippen LogP contribution in [0.25, 0.3) is 0 Å². The van der Waals surface area contributed by atoms with Crippen molar-refractivity contribution in [3.05, 3.63) is 34.2 Å². The average molecular weight is 409 g/mol. The Morgan fingerprint density at radius 3 is 2.85 bits per heavy atom. The number of aromatic nitrogens is 2. The SMILES string of the molecule is Cc1cc(NC(=O)CN(Cc2cccs2)C2CC2)n(C2CCS(=O)(=O)C2)n1. The second-order valence-corrected chi connectivity index (χ2v) is 10.7. The number of rotatable bonds is 7. The molecule has 7 nitrogen and oxygen atoms in total. The van der Waals surface area contributed by atoms with Crippen molar-refractivity contribution in [3.8, 4) is 0 Å². The molecule has 1 atom stereocenters. The number of hydrogen-bond donors (Lipinski definition) is 1. The number of aryl methyl sites for hydroxylation is 1. The molecule has 0 spiro atoms. The van der Waals surface area contributed by atoms with E-state index in [0.717, 1.165) is 25.1 Å². The Labute approximate surface area is 163 Å². The van der Waals surface area contributed by atoms with E-state index in [1.54, 1.807) is 16.0 Å². The van der Waals surface area contributed by atoms with Crippen LogP contribution in [0.2, 0.25) is 0 Å². The van der Waals surface area contributed by atoms with E-state index in [9.17, 15) is 13.2 Å². The van der Waals surface area contributed by atoms with Crippen LogP contribution < -0.4 is 5.32 Å². The number of nitrogens with one attached hydrogen (secondary N) is 1. The number of thiophene rings is 1. The molecule has 0 bridgehead atoms. The molecule has 2 aromatic rings. The summed E-state index contributed by atoms with van der Waals surface area (Å²) >= 11 is 1.71. The van der Waals surface area contributed by atoms with Crippen molar-refractivity contribution < 1.29 is 13.2 Å². The van der Waals surface area contributed by atoms with Gasteiger partial charge in [-0.1, -0.05) is 6.07 Å². The van der Waals surface area contributed by atoms with Gasteiger partial charge in [-0.05, 0) is 37.6 Å². The molecule has 0 aromatic carbocycles. The first-order valence-electron chi connectivity index (χ1n) is 9.22. The standard InChI is InChI=1S/C18H24N4O3S2/c1-13-9-17(22(20-13)15-6-8-27(24,25)12-15)19-18(23)11-21(14-4-5-14)10-16-3-2-7-26-16/h2-3,7,9,14-15H,4-6,8,10-12H2,1H3,(H,19,23). The van der Waals surface area contributed by atoms with Gasteiger partial charge in [0.1, 0.15) is 5.82 Å². The molecule has 0 radical (unpaired) electrons. The second kappa shape index (κ2) is 7.37. The van der Waals surface area contributed by atoms with Crippen LogP contribution in [-0.2, 0) is 21.2 Å². The summed E-state index contributed by atoms with van der Waals surface area (Å²) < 4.78 is 25.3. The van der Waals surface area contributed by atoms with Gasteiger partial charge in [-0.3, -0.25) is 9.69 Å². The van der Waals surface area contributed by atoms with Crippen LogP contribution in [0.15, 0.2) is 23.6 Å². The lowest BCUT2D eigenvalue weighted by Crippen LogP contribution is -2.35. The quantitative estimate of drug-likeness (QED) is 0.759. The second-order valence-electron chi connectivity index (χ2n) is 7.44. The normalized spacial score (nSPS) is 21.6. The molecule has 146 valence electrons. The maximum Gasteiger partial charge on any atom is 0.239 e. The molecule has 2 fully saturated rings. The maximum atomic E-state index is 12.7. The highest BCUT2D eigenvalue weighted by Gasteiger charge is 2.33. The molecule has 1 aliphatic heterocycles. The van der Waals surface area contributed by atoms with Crippen molar-refractivity contribution in [2.24, 2.45) is 0 Å². The highest BCUT2D eigenvalue weighted by atomic mass is 32.2. The molecule has 1 amide bonds. The summed E-state index contributed by atoms with van der Waals surface area (Å²) in [5, 5.41) is 9.43. The highest BCUT2D eigenvalue weighted by molar-refractivity contribution is 7.91. The lowest BCUT2D eigenvalue weighted by molar-refractivity contribution is -0.117. The number of carbonyl (C=O) groups is 1. The molecule has 1 saturated heterocycles. The lowest BCUT2D eigenvalue weighted by atomic mass is 10.3. The van der Waals surface area contributed by atoms with E-state index >= 15 is 0 Å². The summed E-state index contributed by atoms with van der Waals surface area (Å²) in [5.74, 6) is 0.774. The van der Waals surface area contributed by atoms with Crippen molar-refractivity contribution in [3.63, 3.8) is 0 Å². The molecule has 2 aromatic heterocycles. The van der Waals surface area contributed by atoms with Gasteiger partial charge in [-0.25, -0.2) is 13.1 Å². The van der Waals surface area contributed by atoms with Crippen LogP contribution in [0, 0.1) is 6.92 Å². The van der Waals surface area contributed by atoms with Crippen LogP contribution >= 0.6 is 11.3 Å². The number of hydrogen-bond acceptors (Lipinski definition) is 6. The molecule has 1 unspecified atom stereocenters. The van der Waals surface area contributed by atoms with E-state index in [1.807, 2.05) is 19.1 Å². The molecule has 3 heterocycles. The van der Waals surface area contributed by atoms with Gasteiger partial charge in [0.2, 0.25) is 5.91 Å². The van der Waals surface area contributed by atoms with Gasteiger partial charge >= 0.3 is 0 Å².